The van der Waals surface area contributed by atoms with Crippen LogP contribution in [-0.2, 0) is 12.2 Å². The van der Waals surface area contributed by atoms with Crippen LogP contribution >= 0.6 is 11.8 Å². The standard InChI is InChI=1S/C16H10F2O2S/c17-12-4-3-9-11(13(12)18)7-21-16-10(14(9)19)2-1-8-5-6-20-15(8)16/h1-4H,5-7H2. The molecule has 0 saturated carbocycles. The Morgan fingerprint density at radius 1 is 1.10 bits per heavy atom. The highest BCUT2D eigenvalue weighted by Gasteiger charge is 2.29. The number of carbonyl (C=O) groups is 1. The van der Waals surface area contributed by atoms with Crippen LogP contribution in [0.1, 0.15) is 27.0 Å². The molecule has 21 heavy (non-hydrogen) atoms. The van der Waals surface area contributed by atoms with Gasteiger partial charge in [0.05, 0.1) is 11.5 Å². The van der Waals surface area contributed by atoms with Crippen LogP contribution < -0.4 is 4.74 Å². The van der Waals surface area contributed by atoms with Crippen LogP contribution in [0.15, 0.2) is 29.2 Å². The summed E-state index contributed by atoms with van der Waals surface area (Å²) < 4.78 is 33.0. The first-order valence-corrected chi connectivity index (χ1v) is 7.58. The molecular formula is C16H10F2O2S. The molecule has 0 spiro atoms. The maximum Gasteiger partial charge on any atom is 0.194 e. The van der Waals surface area contributed by atoms with Gasteiger partial charge in [-0.3, -0.25) is 4.79 Å². The van der Waals surface area contributed by atoms with E-state index in [-0.39, 0.29) is 22.7 Å². The van der Waals surface area contributed by atoms with Crippen LogP contribution in [0.2, 0.25) is 0 Å². The van der Waals surface area contributed by atoms with Crippen molar-refractivity contribution in [2.75, 3.05) is 6.61 Å². The molecule has 0 fully saturated rings. The smallest absolute Gasteiger partial charge is 0.194 e. The summed E-state index contributed by atoms with van der Waals surface area (Å²) >= 11 is 1.33. The van der Waals surface area contributed by atoms with E-state index in [9.17, 15) is 13.6 Å². The molecule has 2 nitrogen and oxygen atoms in total. The number of ether oxygens (including phenoxy) is 1. The van der Waals surface area contributed by atoms with E-state index in [1.165, 1.54) is 17.8 Å². The van der Waals surface area contributed by atoms with Gasteiger partial charge in [0, 0.05) is 28.9 Å². The number of halogens is 2. The fourth-order valence-electron chi connectivity index (χ4n) is 2.78. The molecule has 0 saturated heterocycles. The third-order valence-corrected chi connectivity index (χ3v) is 4.98. The van der Waals surface area contributed by atoms with Gasteiger partial charge in [-0.1, -0.05) is 6.07 Å². The van der Waals surface area contributed by atoms with Crippen molar-refractivity contribution in [1.29, 1.82) is 0 Å². The maximum atomic E-state index is 14.0. The summed E-state index contributed by atoms with van der Waals surface area (Å²) in [5.41, 5.74) is 1.93. The monoisotopic (exact) mass is 304 g/mol. The van der Waals surface area contributed by atoms with Crippen LogP contribution in [0.3, 0.4) is 0 Å². The maximum absolute atomic E-state index is 14.0. The van der Waals surface area contributed by atoms with Gasteiger partial charge in [0.1, 0.15) is 5.75 Å². The molecule has 2 aromatic carbocycles. The average molecular weight is 304 g/mol. The van der Waals surface area contributed by atoms with E-state index < -0.39 is 11.6 Å². The first kappa shape index (κ1) is 12.8. The highest BCUT2D eigenvalue weighted by Crippen LogP contribution is 2.44. The normalized spacial score (nSPS) is 15.8. The Bertz CT molecular complexity index is 786. The largest absolute Gasteiger partial charge is 0.492 e. The summed E-state index contributed by atoms with van der Waals surface area (Å²) in [6.07, 6.45) is 0.813. The molecule has 0 N–H and O–H groups in total. The second-order valence-electron chi connectivity index (χ2n) is 5.03. The van der Waals surface area contributed by atoms with Gasteiger partial charge in [0.15, 0.2) is 17.4 Å². The van der Waals surface area contributed by atoms with Gasteiger partial charge in [-0.15, -0.1) is 11.8 Å². The Balaban J connectivity index is 1.94. The average Bonchev–Trinajstić information content (AvgIpc) is 2.91. The fraction of sp³-hybridized carbons (Fsp3) is 0.188. The van der Waals surface area contributed by atoms with E-state index in [0.717, 1.165) is 28.7 Å². The number of benzene rings is 2. The lowest BCUT2D eigenvalue weighted by atomic mass is 9.97. The van der Waals surface area contributed by atoms with Crippen LogP contribution in [0.4, 0.5) is 8.78 Å². The van der Waals surface area contributed by atoms with Gasteiger partial charge in [-0.05, 0) is 23.8 Å². The Morgan fingerprint density at radius 3 is 2.76 bits per heavy atom. The molecule has 0 unspecified atom stereocenters. The number of ketones is 1. The topological polar surface area (TPSA) is 26.3 Å². The summed E-state index contributed by atoms with van der Waals surface area (Å²) in [7, 11) is 0. The third kappa shape index (κ3) is 1.80. The van der Waals surface area contributed by atoms with Crippen molar-refractivity contribution in [1.82, 2.24) is 0 Å². The van der Waals surface area contributed by atoms with Crippen molar-refractivity contribution in [2.45, 2.75) is 17.1 Å². The zero-order chi connectivity index (χ0) is 14.6. The lowest BCUT2D eigenvalue weighted by Crippen LogP contribution is -2.06. The molecule has 4 rings (SSSR count). The highest BCUT2D eigenvalue weighted by atomic mass is 32.2. The summed E-state index contributed by atoms with van der Waals surface area (Å²) in [6, 6.07) is 6.00. The van der Waals surface area contributed by atoms with Crippen molar-refractivity contribution < 1.29 is 18.3 Å². The molecule has 5 heteroatoms. The first-order valence-electron chi connectivity index (χ1n) is 6.60. The zero-order valence-electron chi connectivity index (χ0n) is 10.9. The lowest BCUT2D eigenvalue weighted by molar-refractivity contribution is 0.103. The van der Waals surface area contributed by atoms with Gasteiger partial charge in [0.25, 0.3) is 0 Å². The number of thioether (sulfide) groups is 1. The van der Waals surface area contributed by atoms with E-state index >= 15 is 0 Å². The zero-order valence-corrected chi connectivity index (χ0v) is 11.7. The number of fused-ring (bicyclic) bond motifs is 4. The minimum Gasteiger partial charge on any atom is -0.492 e. The molecule has 0 radical (unpaired) electrons. The molecule has 106 valence electrons. The number of hydrogen-bond acceptors (Lipinski definition) is 3. The molecule has 0 aliphatic carbocycles. The van der Waals surface area contributed by atoms with Gasteiger partial charge in [0.2, 0.25) is 0 Å². The fourth-order valence-corrected chi connectivity index (χ4v) is 3.99. The number of carbonyl (C=O) groups excluding carboxylic acids is 1. The Kier molecular flexibility index (Phi) is 2.79. The van der Waals surface area contributed by atoms with Crippen molar-refractivity contribution in [3.05, 3.63) is 58.2 Å². The van der Waals surface area contributed by atoms with E-state index in [1.54, 1.807) is 6.07 Å². The van der Waals surface area contributed by atoms with E-state index in [0.29, 0.717) is 12.2 Å². The Labute approximate surface area is 124 Å². The van der Waals surface area contributed by atoms with Crippen LogP contribution in [0.5, 0.6) is 5.75 Å². The SMILES string of the molecule is O=C1c2ccc(F)c(F)c2CSc2c1ccc1c2OCC1. The molecular weight excluding hydrogens is 294 g/mol. The molecule has 0 aromatic heterocycles. The summed E-state index contributed by atoms with van der Waals surface area (Å²) in [5.74, 6) is -1.19. The molecule has 2 heterocycles. The Morgan fingerprint density at radius 2 is 1.90 bits per heavy atom. The molecule has 2 aliphatic rings. The number of hydrogen-bond donors (Lipinski definition) is 0. The second-order valence-corrected chi connectivity index (χ2v) is 6.02. The minimum atomic E-state index is -0.932. The molecule has 0 bridgehead atoms. The summed E-state index contributed by atoms with van der Waals surface area (Å²) in [6.45, 7) is 0.594. The molecule has 2 aliphatic heterocycles. The minimum absolute atomic E-state index is 0.132. The highest BCUT2D eigenvalue weighted by molar-refractivity contribution is 7.98. The van der Waals surface area contributed by atoms with Gasteiger partial charge < -0.3 is 4.74 Å². The van der Waals surface area contributed by atoms with E-state index in [2.05, 4.69) is 0 Å². The number of rotatable bonds is 0. The van der Waals surface area contributed by atoms with Crippen molar-refractivity contribution >= 4 is 17.5 Å². The predicted molar refractivity (Wildman–Crippen MR) is 75.0 cm³/mol. The van der Waals surface area contributed by atoms with Crippen molar-refractivity contribution in [3.63, 3.8) is 0 Å². The summed E-state index contributed by atoms with van der Waals surface area (Å²) in [4.78, 5) is 13.4. The van der Waals surface area contributed by atoms with Gasteiger partial charge in [-0.2, -0.15) is 0 Å². The predicted octanol–water partition coefficient (Wildman–Crippen LogP) is 3.74. The second kappa shape index (κ2) is 4.56. The Hall–Kier alpha value is -1.88. The molecule has 2 aromatic rings. The van der Waals surface area contributed by atoms with Crippen LogP contribution in [0, 0.1) is 11.6 Å². The third-order valence-electron chi connectivity index (χ3n) is 3.86. The quantitative estimate of drug-likeness (QED) is 0.742. The molecule has 0 atom stereocenters. The van der Waals surface area contributed by atoms with E-state index in [1.807, 2.05) is 6.07 Å². The van der Waals surface area contributed by atoms with Crippen LogP contribution in [-0.4, -0.2) is 12.4 Å². The van der Waals surface area contributed by atoms with Crippen molar-refractivity contribution in [3.8, 4) is 5.75 Å². The van der Waals surface area contributed by atoms with Crippen molar-refractivity contribution in [2.24, 2.45) is 0 Å². The molecule has 0 amide bonds. The van der Waals surface area contributed by atoms with Crippen LogP contribution in [0.25, 0.3) is 0 Å². The van der Waals surface area contributed by atoms with E-state index in [4.69, 9.17) is 4.74 Å². The van der Waals surface area contributed by atoms with Gasteiger partial charge in [-0.25, -0.2) is 8.78 Å². The van der Waals surface area contributed by atoms with Gasteiger partial charge >= 0.3 is 0 Å². The lowest BCUT2D eigenvalue weighted by Gasteiger charge is -2.09. The first-order chi connectivity index (χ1) is 10.2. The summed E-state index contributed by atoms with van der Waals surface area (Å²) in [5, 5.41) is 0.